The van der Waals surface area contributed by atoms with E-state index in [1.807, 2.05) is 30.3 Å². The minimum atomic E-state index is -0.471. The summed E-state index contributed by atoms with van der Waals surface area (Å²) in [6.07, 6.45) is 1.46. The van der Waals surface area contributed by atoms with Crippen LogP contribution in [0.1, 0.15) is 11.1 Å². The fourth-order valence-corrected chi connectivity index (χ4v) is 2.00. The van der Waals surface area contributed by atoms with E-state index in [9.17, 15) is 4.39 Å². The van der Waals surface area contributed by atoms with Gasteiger partial charge in [0.05, 0.1) is 6.61 Å². The Morgan fingerprint density at radius 1 is 1.05 bits per heavy atom. The Labute approximate surface area is 112 Å². The van der Waals surface area contributed by atoms with Crippen molar-refractivity contribution in [1.82, 2.24) is 9.88 Å². The minimum Gasteiger partial charge on any atom is -0.395 e. The molecule has 1 heterocycles. The minimum absolute atomic E-state index is 0.0837. The molecule has 1 aromatic heterocycles. The summed E-state index contributed by atoms with van der Waals surface area (Å²) in [7, 11) is 0. The van der Waals surface area contributed by atoms with E-state index in [0.717, 1.165) is 12.1 Å². The summed E-state index contributed by atoms with van der Waals surface area (Å²) in [5.74, 6) is -0.471. The molecule has 3 nitrogen and oxygen atoms in total. The maximum Gasteiger partial charge on any atom is 0.213 e. The van der Waals surface area contributed by atoms with E-state index in [-0.39, 0.29) is 6.61 Å². The van der Waals surface area contributed by atoms with Crippen LogP contribution >= 0.6 is 0 Å². The smallest absolute Gasteiger partial charge is 0.213 e. The highest BCUT2D eigenvalue weighted by Crippen LogP contribution is 2.09. The van der Waals surface area contributed by atoms with E-state index in [2.05, 4.69) is 9.88 Å². The molecule has 19 heavy (non-hydrogen) atoms. The Hall–Kier alpha value is -1.78. The highest BCUT2D eigenvalue weighted by atomic mass is 19.1. The SMILES string of the molecule is OCCN(Cc1ccccc1)Cc1ccnc(F)c1. The molecule has 2 rings (SSSR count). The zero-order chi connectivity index (χ0) is 13.5. The number of halogens is 1. The van der Waals surface area contributed by atoms with E-state index in [1.165, 1.54) is 17.8 Å². The van der Waals surface area contributed by atoms with Gasteiger partial charge in [0.2, 0.25) is 5.95 Å². The topological polar surface area (TPSA) is 36.4 Å². The lowest BCUT2D eigenvalue weighted by Crippen LogP contribution is -2.26. The van der Waals surface area contributed by atoms with Crippen molar-refractivity contribution in [3.8, 4) is 0 Å². The van der Waals surface area contributed by atoms with Crippen LogP contribution < -0.4 is 0 Å². The van der Waals surface area contributed by atoms with Crippen LogP contribution in [0, 0.1) is 5.95 Å². The van der Waals surface area contributed by atoms with Crippen molar-refractivity contribution in [1.29, 1.82) is 0 Å². The van der Waals surface area contributed by atoms with E-state index >= 15 is 0 Å². The Morgan fingerprint density at radius 2 is 1.79 bits per heavy atom. The average molecular weight is 260 g/mol. The molecule has 0 saturated carbocycles. The quantitative estimate of drug-likeness (QED) is 0.809. The largest absolute Gasteiger partial charge is 0.395 e. The summed E-state index contributed by atoms with van der Waals surface area (Å²) < 4.78 is 13.1. The normalized spacial score (nSPS) is 10.9. The summed E-state index contributed by atoms with van der Waals surface area (Å²) in [5, 5.41) is 9.12. The molecule has 1 aromatic carbocycles. The van der Waals surface area contributed by atoms with Crippen molar-refractivity contribution in [2.24, 2.45) is 0 Å². The molecule has 2 aromatic rings. The van der Waals surface area contributed by atoms with Gasteiger partial charge in [-0.3, -0.25) is 4.90 Å². The first kappa shape index (κ1) is 13.6. The molecule has 0 aliphatic carbocycles. The maximum atomic E-state index is 13.1. The molecule has 0 aliphatic rings. The van der Waals surface area contributed by atoms with E-state index in [4.69, 9.17) is 5.11 Å². The van der Waals surface area contributed by atoms with Gasteiger partial charge < -0.3 is 5.11 Å². The van der Waals surface area contributed by atoms with Crippen LogP contribution in [0.15, 0.2) is 48.7 Å². The number of hydrogen-bond acceptors (Lipinski definition) is 3. The zero-order valence-corrected chi connectivity index (χ0v) is 10.7. The van der Waals surface area contributed by atoms with Crippen LogP contribution in [0.4, 0.5) is 4.39 Å². The van der Waals surface area contributed by atoms with Gasteiger partial charge in [-0.25, -0.2) is 4.98 Å². The highest BCUT2D eigenvalue weighted by molar-refractivity contribution is 5.15. The molecule has 0 bridgehead atoms. The molecule has 0 radical (unpaired) electrons. The fraction of sp³-hybridized carbons (Fsp3) is 0.267. The third-order valence-corrected chi connectivity index (χ3v) is 2.86. The molecular formula is C15H17FN2O. The Balaban J connectivity index is 2.04. The van der Waals surface area contributed by atoms with Gasteiger partial charge in [0.25, 0.3) is 0 Å². The predicted octanol–water partition coefficient (Wildman–Crippen LogP) is 2.22. The molecule has 4 heteroatoms. The number of rotatable bonds is 6. The number of nitrogens with zero attached hydrogens (tertiary/aromatic N) is 2. The molecular weight excluding hydrogens is 243 g/mol. The average Bonchev–Trinajstić information content (AvgIpc) is 2.40. The molecule has 0 saturated heterocycles. The molecule has 1 N–H and O–H groups in total. The molecule has 0 amide bonds. The third-order valence-electron chi connectivity index (χ3n) is 2.86. The van der Waals surface area contributed by atoms with Crippen LogP contribution in [0.25, 0.3) is 0 Å². The number of aliphatic hydroxyl groups is 1. The number of aromatic nitrogens is 1. The first-order chi connectivity index (χ1) is 9.28. The van der Waals surface area contributed by atoms with Crippen molar-refractivity contribution in [3.63, 3.8) is 0 Å². The van der Waals surface area contributed by atoms with Gasteiger partial charge in [-0.15, -0.1) is 0 Å². The second-order valence-corrected chi connectivity index (χ2v) is 4.41. The van der Waals surface area contributed by atoms with Crippen molar-refractivity contribution in [2.45, 2.75) is 13.1 Å². The fourth-order valence-electron chi connectivity index (χ4n) is 2.00. The second kappa shape index (κ2) is 6.97. The van der Waals surface area contributed by atoms with Crippen molar-refractivity contribution in [3.05, 3.63) is 65.7 Å². The lowest BCUT2D eigenvalue weighted by atomic mass is 10.2. The summed E-state index contributed by atoms with van der Waals surface area (Å²) in [6, 6.07) is 13.2. The summed E-state index contributed by atoms with van der Waals surface area (Å²) in [4.78, 5) is 5.62. The number of pyridine rings is 1. The molecule has 0 unspecified atom stereocenters. The van der Waals surface area contributed by atoms with Gasteiger partial charge in [-0.1, -0.05) is 30.3 Å². The van der Waals surface area contributed by atoms with Gasteiger partial charge in [0, 0.05) is 25.8 Å². The molecule has 0 spiro atoms. The first-order valence-corrected chi connectivity index (χ1v) is 6.25. The van der Waals surface area contributed by atoms with Gasteiger partial charge in [0.15, 0.2) is 0 Å². The summed E-state index contributed by atoms with van der Waals surface area (Å²) in [6.45, 7) is 1.96. The zero-order valence-electron chi connectivity index (χ0n) is 10.7. The van der Waals surface area contributed by atoms with Crippen LogP contribution in [0.3, 0.4) is 0 Å². The number of hydrogen-bond donors (Lipinski definition) is 1. The molecule has 0 fully saturated rings. The van der Waals surface area contributed by atoms with E-state index < -0.39 is 5.95 Å². The lowest BCUT2D eigenvalue weighted by Gasteiger charge is -2.21. The lowest BCUT2D eigenvalue weighted by molar-refractivity contribution is 0.184. The second-order valence-electron chi connectivity index (χ2n) is 4.41. The van der Waals surface area contributed by atoms with Gasteiger partial charge >= 0.3 is 0 Å². The van der Waals surface area contributed by atoms with Crippen LogP contribution in [-0.2, 0) is 13.1 Å². The number of aliphatic hydroxyl groups excluding tert-OH is 1. The van der Waals surface area contributed by atoms with Gasteiger partial charge in [-0.2, -0.15) is 4.39 Å². The number of benzene rings is 1. The van der Waals surface area contributed by atoms with Gasteiger partial charge in [0.1, 0.15) is 0 Å². The van der Waals surface area contributed by atoms with Crippen LogP contribution in [0.2, 0.25) is 0 Å². The monoisotopic (exact) mass is 260 g/mol. The Morgan fingerprint density at radius 3 is 2.47 bits per heavy atom. The van der Waals surface area contributed by atoms with Crippen LogP contribution in [0.5, 0.6) is 0 Å². The Bertz CT molecular complexity index is 505. The summed E-state index contributed by atoms with van der Waals surface area (Å²) in [5.41, 5.74) is 2.03. The molecule has 0 aliphatic heterocycles. The van der Waals surface area contributed by atoms with E-state index in [0.29, 0.717) is 13.1 Å². The predicted molar refractivity (Wildman–Crippen MR) is 71.8 cm³/mol. The standard InChI is InChI=1S/C15H17FN2O/c16-15-10-14(6-7-17-15)12-18(8-9-19)11-13-4-2-1-3-5-13/h1-7,10,19H,8-9,11-12H2. The summed E-state index contributed by atoms with van der Waals surface area (Å²) >= 11 is 0. The third kappa shape index (κ3) is 4.43. The Kier molecular flexibility index (Phi) is 5.01. The van der Waals surface area contributed by atoms with Crippen molar-refractivity contribution < 1.29 is 9.50 Å². The van der Waals surface area contributed by atoms with Crippen LogP contribution in [-0.4, -0.2) is 28.1 Å². The van der Waals surface area contributed by atoms with Crippen molar-refractivity contribution in [2.75, 3.05) is 13.2 Å². The first-order valence-electron chi connectivity index (χ1n) is 6.25. The van der Waals surface area contributed by atoms with Gasteiger partial charge in [-0.05, 0) is 23.3 Å². The van der Waals surface area contributed by atoms with E-state index in [1.54, 1.807) is 6.07 Å². The highest BCUT2D eigenvalue weighted by Gasteiger charge is 2.07. The molecule has 0 atom stereocenters. The maximum absolute atomic E-state index is 13.1. The van der Waals surface area contributed by atoms with Crippen molar-refractivity contribution >= 4 is 0 Å². The molecule has 100 valence electrons.